The fourth-order valence-corrected chi connectivity index (χ4v) is 5.90. The molecule has 1 aromatic carbocycles. The van der Waals surface area contributed by atoms with Crippen LogP contribution in [0.25, 0.3) is 0 Å². The molecule has 2 aromatic heterocycles. The minimum absolute atomic E-state index is 0.0272. The number of piperidine rings is 1. The molecule has 0 unspecified atom stereocenters. The van der Waals surface area contributed by atoms with Crippen LogP contribution in [0.2, 0.25) is 0 Å². The summed E-state index contributed by atoms with van der Waals surface area (Å²) < 4.78 is 6.11. The van der Waals surface area contributed by atoms with Crippen LogP contribution < -0.4 is 5.32 Å². The third-order valence-corrected chi connectivity index (χ3v) is 7.53. The predicted molar refractivity (Wildman–Crippen MR) is 117 cm³/mol. The van der Waals surface area contributed by atoms with E-state index in [2.05, 4.69) is 44.7 Å². The van der Waals surface area contributed by atoms with Gasteiger partial charge in [0.15, 0.2) is 0 Å². The lowest BCUT2D eigenvalue weighted by molar-refractivity contribution is -0.0123. The predicted octanol–water partition coefficient (Wildman–Crippen LogP) is 3.50. The molecule has 3 aromatic rings. The molecule has 30 heavy (non-hydrogen) atoms. The number of H-pyrrole nitrogens is 1. The Labute approximate surface area is 180 Å². The molecule has 1 amide bonds. The quantitative estimate of drug-likeness (QED) is 0.660. The van der Waals surface area contributed by atoms with Gasteiger partial charge in [0.25, 0.3) is 5.91 Å². The number of hydrogen-bond acceptors (Lipinski definition) is 5. The number of aromatic nitrogens is 2. The molecule has 0 saturated carbocycles. The van der Waals surface area contributed by atoms with Crippen molar-refractivity contribution >= 4 is 17.2 Å². The Kier molecular flexibility index (Phi) is 5.18. The summed E-state index contributed by atoms with van der Waals surface area (Å²) in [4.78, 5) is 16.1. The van der Waals surface area contributed by atoms with E-state index < -0.39 is 0 Å². The highest BCUT2D eigenvalue weighted by molar-refractivity contribution is 7.12. The van der Waals surface area contributed by atoms with Crippen molar-refractivity contribution in [3.8, 4) is 0 Å². The van der Waals surface area contributed by atoms with Gasteiger partial charge < -0.3 is 10.1 Å². The molecule has 3 heterocycles. The first kappa shape index (κ1) is 19.5. The summed E-state index contributed by atoms with van der Waals surface area (Å²) in [5, 5.41) is 12.3. The molecule has 6 nitrogen and oxygen atoms in total. The number of aromatic amines is 1. The largest absolute Gasteiger partial charge is 0.378 e. The summed E-state index contributed by atoms with van der Waals surface area (Å²) in [6.45, 7) is 2.85. The zero-order valence-electron chi connectivity index (χ0n) is 17.0. The molecule has 0 bridgehead atoms. The normalized spacial score (nSPS) is 22.8. The first-order chi connectivity index (χ1) is 14.7. The Morgan fingerprint density at radius 3 is 2.80 bits per heavy atom. The molecule has 2 N–H and O–H groups in total. The molecule has 7 heteroatoms. The Balaban J connectivity index is 1.40. The van der Waals surface area contributed by atoms with Crippen molar-refractivity contribution in [2.45, 2.75) is 36.9 Å². The molecule has 156 valence electrons. The van der Waals surface area contributed by atoms with Gasteiger partial charge in [0.1, 0.15) is 0 Å². The van der Waals surface area contributed by atoms with E-state index in [1.165, 1.54) is 22.5 Å². The SMILES string of the molecule is CO[C@H]1[C@H](NC(=O)c2cccs2)c2ccccc2C12CCN(Cc1ccn[nH]1)CC2. The average molecular weight is 423 g/mol. The van der Waals surface area contributed by atoms with Gasteiger partial charge in [-0.05, 0) is 54.6 Å². The molecule has 0 radical (unpaired) electrons. The van der Waals surface area contributed by atoms with Crippen LogP contribution in [0.5, 0.6) is 0 Å². The van der Waals surface area contributed by atoms with Crippen LogP contribution in [0.15, 0.2) is 54.0 Å². The van der Waals surface area contributed by atoms with Crippen molar-refractivity contribution < 1.29 is 9.53 Å². The van der Waals surface area contributed by atoms with E-state index in [4.69, 9.17) is 4.74 Å². The first-order valence-electron chi connectivity index (χ1n) is 10.4. The Hall–Kier alpha value is -2.48. The number of carbonyl (C=O) groups excluding carboxylic acids is 1. The van der Waals surface area contributed by atoms with Gasteiger partial charge in [-0.3, -0.25) is 14.8 Å². The molecule has 1 aliphatic heterocycles. The summed E-state index contributed by atoms with van der Waals surface area (Å²) >= 11 is 1.47. The van der Waals surface area contributed by atoms with E-state index in [1.54, 1.807) is 13.3 Å². The fourth-order valence-electron chi connectivity index (χ4n) is 5.27. The van der Waals surface area contributed by atoms with Gasteiger partial charge >= 0.3 is 0 Å². The second-order valence-corrected chi connectivity index (χ2v) is 9.13. The lowest BCUT2D eigenvalue weighted by Gasteiger charge is -2.44. The van der Waals surface area contributed by atoms with Crippen molar-refractivity contribution in [1.29, 1.82) is 0 Å². The van der Waals surface area contributed by atoms with E-state index >= 15 is 0 Å². The lowest BCUT2D eigenvalue weighted by Crippen LogP contribution is -2.50. The molecule has 1 fully saturated rings. The van der Waals surface area contributed by atoms with Gasteiger partial charge in [0, 0.05) is 31.0 Å². The maximum atomic E-state index is 12.9. The van der Waals surface area contributed by atoms with E-state index in [9.17, 15) is 4.79 Å². The van der Waals surface area contributed by atoms with E-state index in [1.807, 2.05) is 23.6 Å². The van der Waals surface area contributed by atoms with Crippen LogP contribution in [0.4, 0.5) is 0 Å². The molecule has 2 aliphatic rings. The van der Waals surface area contributed by atoms with Gasteiger partial charge in [0.05, 0.1) is 17.0 Å². The number of hydrogen-bond donors (Lipinski definition) is 2. The number of methoxy groups -OCH3 is 1. The second-order valence-electron chi connectivity index (χ2n) is 8.19. The molecular weight excluding hydrogens is 396 g/mol. The summed E-state index contributed by atoms with van der Waals surface area (Å²) in [7, 11) is 1.78. The summed E-state index contributed by atoms with van der Waals surface area (Å²) in [5.74, 6) is -0.0272. The van der Waals surface area contributed by atoms with Gasteiger partial charge in [-0.1, -0.05) is 30.3 Å². The standard InChI is InChI=1S/C23H26N4O2S/c1-29-21-20(25-22(28)19-7-4-14-30-19)17-5-2-3-6-18(17)23(21)9-12-27(13-10-23)15-16-8-11-24-26-16/h2-8,11,14,20-21H,9-10,12-13,15H2,1H3,(H,24,26)(H,25,28)/t20-,21+/m1/s1. The minimum Gasteiger partial charge on any atom is -0.378 e. The van der Waals surface area contributed by atoms with Crippen molar-refractivity contribution in [2.75, 3.05) is 20.2 Å². The summed E-state index contributed by atoms with van der Waals surface area (Å²) in [6.07, 6.45) is 3.73. The Morgan fingerprint density at radius 2 is 2.10 bits per heavy atom. The lowest BCUT2D eigenvalue weighted by atomic mass is 9.72. The minimum atomic E-state index is -0.139. The van der Waals surface area contributed by atoms with E-state index in [0.717, 1.165) is 43.0 Å². The molecule has 1 aliphatic carbocycles. The molecule has 1 spiro atoms. The van der Waals surface area contributed by atoms with Crippen LogP contribution in [-0.2, 0) is 16.7 Å². The second kappa shape index (κ2) is 7.98. The van der Waals surface area contributed by atoms with Gasteiger partial charge in [-0.2, -0.15) is 5.10 Å². The van der Waals surface area contributed by atoms with Crippen LogP contribution >= 0.6 is 11.3 Å². The van der Waals surface area contributed by atoms with Gasteiger partial charge in [-0.15, -0.1) is 11.3 Å². The highest BCUT2D eigenvalue weighted by Gasteiger charge is 2.54. The number of fused-ring (bicyclic) bond motifs is 2. The highest BCUT2D eigenvalue weighted by atomic mass is 32.1. The van der Waals surface area contributed by atoms with E-state index in [-0.39, 0.29) is 23.5 Å². The molecule has 1 saturated heterocycles. The van der Waals surface area contributed by atoms with Crippen molar-refractivity contribution in [3.63, 3.8) is 0 Å². The van der Waals surface area contributed by atoms with Crippen molar-refractivity contribution in [1.82, 2.24) is 20.4 Å². The maximum Gasteiger partial charge on any atom is 0.261 e. The Bertz CT molecular complexity index is 994. The van der Waals surface area contributed by atoms with Crippen LogP contribution in [0.1, 0.15) is 45.4 Å². The first-order valence-corrected chi connectivity index (χ1v) is 11.3. The zero-order valence-corrected chi connectivity index (χ0v) is 17.8. The number of nitrogens with one attached hydrogen (secondary N) is 2. The highest BCUT2D eigenvalue weighted by Crippen LogP contribution is 2.52. The van der Waals surface area contributed by atoms with Gasteiger partial charge in [0.2, 0.25) is 0 Å². The monoisotopic (exact) mass is 422 g/mol. The fraction of sp³-hybridized carbons (Fsp3) is 0.391. The number of benzene rings is 1. The number of carbonyl (C=O) groups is 1. The Morgan fingerprint density at radius 1 is 1.27 bits per heavy atom. The number of rotatable bonds is 5. The summed E-state index contributed by atoms with van der Waals surface area (Å²) in [5.41, 5.74) is 3.58. The summed E-state index contributed by atoms with van der Waals surface area (Å²) in [6, 6.07) is 14.2. The third-order valence-electron chi connectivity index (χ3n) is 6.67. The topological polar surface area (TPSA) is 70.2 Å². The van der Waals surface area contributed by atoms with E-state index in [0.29, 0.717) is 0 Å². The number of likely N-dealkylation sites (tertiary alicyclic amines) is 1. The number of nitrogens with zero attached hydrogens (tertiary/aromatic N) is 2. The molecular formula is C23H26N4O2S. The number of thiophene rings is 1. The van der Waals surface area contributed by atoms with Crippen molar-refractivity contribution in [3.05, 3.63) is 75.7 Å². The third kappa shape index (κ3) is 3.27. The number of amides is 1. The van der Waals surface area contributed by atoms with Crippen LogP contribution in [0, 0.1) is 0 Å². The smallest absolute Gasteiger partial charge is 0.261 e. The average Bonchev–Trinajstić information content (AvgIpc) is 3.52. The number of ether oxygens (including phenoxy) is 1. The van der Waals surface area contributed by atoms with Crippen LogP contribution in [0.3, 0.4) is 0 Å². The van der Waals surface area contributed by atoms with Crippen LogP contribution in [-0.4, -0.2) is 47.3 Å². The zero-order chi connectivity index (χ0) is 20.6. The molecule has 5 rings (SSSR count). The molecule has 2 atom stereocenters. The van der Waals surface area contributed by atoms with Crippen molar-refractivity contribution in [2.24, 2.45) is 0 Å². The van der Waals surface area contributed by atoms with Gasteiger partial charge in [-0.25, -0.2) is 0 Å². The maximum absolute atomic E-state index is 12.9.